The van der Waals surface area contributed by atoms with Crippen LogP contribution in [0.3, 0.4) is 0 Å². The summed E-state index contributed by atoms with van der Waals surface area (Å²) in [5.74, 6) is 0.697. The molecule has 0 saturated heterocycles. The van der Waals surface area contributed by atoms with Crippen molar-refractivity contribution in [1.29, 1.82) is 0 Å². The molecular weight excluding hydrogens is 312 g/mol. The number of rotatable bonds is 4. The van der Waals surface area contributed by atoms with E-state index in [1.807, 2.05) is 24.4 Å². The van der Waals surface area contributed by atoms with Crippen LogP contribution in [0.25, 0.3) is 0 Å². The monoisotopic (exact) mass is 324 g/mol. The van der Waals surface area contributed by atoms with E-state index in [0.29, 0.717) is 5.92 Å². The fraction of sp³-hybridized carbons (Fsp3) is 0.357. The third kappa shape index (κ3) is 2.34. The van der Waals surface area contributed by atoms with Crippen molar-refractivity contribution in [2.45, 2.75) is 30.6 Å². The highest BCUT2D eigenvalue weighted by Crippen LogP contribution is 2.42. The van der Waals surface area contributed by atoms with Crippen molar-refractivity contribution in [3.05, 3.63) is 52.3 Å². The number of halogens is 2. The summed E-state index contributed by atoms with van der Waals surface area (Å²) in [7, 11) is 0. The van der Waals surface area contributed by atoms with Gasteiger partial charge in [0, 0.05) is 27.5 Å². The summed E-state index contributed by atoms with van der Waals surface area (Å²) in [6, 6.07) is 7.98. The van der Waals surface area contributed by atoms with E-state index in [-0.39, 0.29) is 0 Å². The van der Waals surface area contributed by atoms with Gasteiger partial charge >= 0.3 is 0 Å². The number of aromatic nitrogens is 2. The minimum Gasteiger partial charge on any atom is -0.265 e. The van der Waals surface area contributed by atoms with Crippen molar-refractivity contribution in [3.63, 3.8) is 0 Å². The van der Waals surface area contributed by atoms with Gasteiger partial charge in [-0.3, -0.25) is 4.68 Å². The van der Waals surface area contributed by atoms with Crippen LogP contribution < -0.4 is 0 Å². The maximum absolute atomic E-state index is 6.21. The number of alkyl halides is 1. The average molecular weight is 326 g/mol. The zero-order valence-corrected chi connectivity index (χ0v) is 12.3. The smallest absolute Gasteiger partial charge is 0.0677 e. The van der Waals surface area contributed by atoms with Crippen LogP contribution in [-0.2, 0) is 11.9 Å². The zero-order chi connectivity index (χ0) is 12.5. The molecule has 1 fully saturated rings. The van der Waals surface area contributed by atoms with E-state index < -0.39 is 0 Å². The largest absolute Gasteiger partial charge is 0.265 e. The molecule has 2 aromatic rings. The van der Waals surface area contributed by atoms with Crippen LogP contribution in [0, 0.1) is 0 Å². The average Bonchev–Trinajstić information content (AvgIpc) is 3.14. The minimum absolute atomic E-state index is 0.697. The van der Waals surface area contributed by atoms with Crippen molar-refractivity contribution >= 4 is 27.5 Å². The van der Waals surface area contributed by atoms with Gasteiger partial charge < -0.3 is 0 Å². The molecule has 0 radical (unpaired) electrons. The second kappa shape index (κ2) is 5.06. The Morgan fingerprint density at radius 1 is 1.28 bits per heavy atom. The Balaban J connectivity index is 1.93. The van der Waals surface area contributed by atoms with Crippen LogP contribution in [-0.4, -0.2) is 9.78 Å². The van der Waals surface area contributed by atoms with E-state index >= 15 is 0 Å². The fourth-order valence-electron chi connectivity index (χ4n) is 2.28. The molecule has 0 unspecified atom stereocenters. The molecule has 0 atom stereocenters. The number of benzene rings is 1. The molecule has 0 spiro atoms. The van der Waals surface area contributed by atoms with Crippen LogP contribution in [0.1, 0.15) is 35.6 Å². The number of hydrogen-bond acceptors (Lipinski definition) is 1. The summed E-state index contributed by atoms with van der Waals surface area (Å²) in [6.07, 6.45) is 4.54. The van der Waals surface area contributed by atoms with Gasteiger partial charge in [-0.25, -0.2) is 0 Å². The van der Waals surface area contributed by atoms with E-state index in [1.165, 1.54) is 24.1 Å². The lowest BCUT2D eigenvalue weighted by Gasteiger charge is -2.09. The normalized spacial score (nSPS) is 15.0. The Morgan fingerprint density at radius 2 is 2.06 bits per heavy atom. The second-order valence-corrected chi connectivity index (χ2v) is 5.68. The van der Waals surface area contributed by atoms with Gasteiger partial charge in [-0.1, -0.05) is 45.7 Å². The molecule has 18 heavy (non-hydrogen) atoms. The van der Waals surface area contributed by atoms with Gasteiger partial charge in [0.25, 0.3) is 0 Å². The Morgan fingerprint density at radius 3 is 2.72 bits per heavy atom. The molecule has 3 rings (SSSR count). The highest BCUT2D eigenvalue weighted by atomic mass is 79.9. The SMILES string of the molecule is Clc1ccccc1Cn1ncc(CBr)c1C1CC1. The molecule has 0 bridgehead atoms. The number of hydrogen-bond donors (Lipinski definition) is 0. The van der Waals surface area contributed by atoms with Crippen LogP contribution in [0.15, 0.2) is 30.5 Å². The van der Waals surface area contributed by atoms with Gasteiger partial charge in [-0.2, -0.15) is 5.10 Å². The van der Waals surface area contributed by atoms with E-state index in [2.05, 4.69) is 31.8 Å². The molecule has 1 aromatic heterocycles. The first kappa shape index (κ1) is 12.2. The quantitative estimate of drug-likeness (QED) is 0.764. The topological polar surface area (TPSA) is 17.8 Å². The molecule has 1 aromatic carbocycles. The van der Waals surface area contributed by atoms with Gasteiger partial charge in [-0.05, 0) is 24.5 Å². The molecule has 1 aliphatic rings. The third-order valence-corrected chi connectivity index (χ3v) is 4.32. The van der Waals surface area contributed by atoms with E-state index in [1.54, 1.807) is 0 Å². The lowest BCUT2D eigenvalue weighted by atomic mass is 10.2. The van der Waals surface area contributed by atoms with Crippen molar-refractivity contribution in [2.75, 3.05) is 0 Å². The summed E-state index contributed by atoms with van der Waals surface area (Å²) in [5, 5.41) is 6.20. The predicted octanol–water partition coefficient (Wildman–Crippen LogP) is 4.36. The first-order valence-corrected chi connectivity index (χ1v) is 7.63. The Bertz CT molecular complexity index is 561. The first-order chi connectivity index (χ1) is 8.79. The second-order valence-electron chi connectivity index (χ2n) is 4.71. The molecule has 0 aliphatic heterocycles. The molecule has 1 aliphatic carbocycles. The predicted molar refractivity (Wildman–Crippen MR) is 77.4 cm³/mol. The van der Waals surface area contributed by atoms with Crippen molar-refractivity contribution in [1.82, 2.24) is 9.78 Å². The maximum Gasteiger partial charge on any atom is 0.0677 e. The van der Waals surface area contributed by atoms with Gasteiger partial charge in [-0.15, -0.1) is 0 Å². The molecule has 0 amide bonds. The van der Waals surface area contributed by atoms with Gasteiger partial charge in [0.05, 0.1) is 12.7 Å². The summed E-state index contributed by atoms with van der Waals surface area (Å²) < 4.78 is 2.11. The molecule has 1 heterocycles. The Labute approximate surface area is 120 Å². The lowest BCUT2D eigenvalue weighted by Crippen LogP contribution is -2.06. The third-order valence-electron chi connectivity index (χ3n) is 3.35. The van der Waals surface area contributed by atoms with E-state index in [9.17, 15) is 0 Å². The molecule has 94 valence electrons. The highest BCUT2D eigenvalue weighted by molar-refractivity contribution is 9.08. The van der Waals surface area contributed by atoms with E-state index in [4.69, 9.17) is 11.6 Å². The van der Waals surface area contributed by atoms with Crippen LogP contribution in [0.5, 0.6) is 0 Å². The molecule has 4 heteroatoms. The van der Waals surface area contributed by atoms with Crippen molar-refractivity contribution in [2.24, 2.45) is 0 Å². The van der Waals surface area contributed by atoms with E-state index in [0.717, 1.165) is 22.5 Å². The molecule has 1 saturated carbocycles. The first-order valence-electron chi connectivity index (χ1n) is 6.13. The summed E-state index contributed by atoms with van der Waals surface area (Å²) >= 11 is 9.75. The van der Waals surface area contributed by atoms with Crippen molar-refractivity contribution < 1.29 is 0 Å². The molecular formula is C14H14BrClN2. The zero-order valence-electron chi connectivity index (χ0n) is 9.94. The standard InChI is InChI=1S/C14H14BrClN2/c15-7-12-8-17-18(14(12)10-5-6-10)9-11-3-1-2-4-13(11)16/h1-4,8,10H,5-7,9H2. The summed E-state index contributed by atoms with van der Waals surface area (Å²) in [6.45, 7) is 0.762. The number of nitrogens with zero attached hydrogens (tertiary/aromatic N) is 2. The Kier molecular flexibility index (Phi) is 3.44. The summed E-state index contributed by atoms with van der Waals surface area (Å²) in [5.41, 5.74) is 3.82. The van der Waals surface area contributed by atoms with Crippen LogP contribution in [0.4, 0.5) is 0 Å². The van der Waals surface area contributed by atoms with Gasteiger partial charge in [0.15, 0.2) is 0 Å². The lowest BCUT2D eigenvalue weighted by molar-refractivity contribution is 0.645. The molecule has 0 N–H and O–H groups in total. The fourth-order valence-corrected chi connectivity index (χ4v) is 2.91. The minimum atomic E-state index is 0.697. The van der Waals surface area contributed by atoms with Crippen LogP contribution in [0.2, 0.25) is 5.02 Å². The highest BCUT2D eigenvalue weighted by Gasteiger charge is 2.29. The molecule has 2 nitrogen and oxygen atoms in total. The van der Waals surface area contributed by atoms with Gasteiger partial charge in [0.2, 0.25) is 0 Å². The maximum atomic E-state index is 6.21. The summed E-state index contributed by atoms with van der Waals surface area (Å²) in [4.78, 5) is 0. The van der Waals surface area contributed by atoms with Crippen LogP contribution >= 0.6 is 27.5 Å². The van der Waals surface area contributed by atoms with Crippen molar-refractivity contribution in [3.8, 4) is 0 Å². The Hall–Kier alpha value is -0.800. The van der Waals surface area contributed by atoms with Gasteiger partial charge in [0.1, 0.15) is 0 Å².